The summed E-state index contributed by atoms with van der Waals surface area (Å²) in [6.45, 7) is 6.59. The monoisotopic (exact) mass is 459 g/mol. The molecule has 10 nitrogen and oxygen atoms in total. The smallest absolute Gasteiger partial charge is 0.359 e. The van der Waals surface area contributed by atoms with Crippen molar-refractivity contribution in [3.63, 3.8) is 0 Å². The molecular formula is C23H29N3O7. The van der Waals surface area contributed by atoms with Crippen molar-refractivity contribution in [3.8, 4) is 5.75 Å². The number of carbonyl (C=O) groups is 4. The van der Waals surface area contributed by atoms with Crippen molar-refractivity contribution in [1.82, 2.24) is 9.71 Å². The lowest BCUT2D eigenvalue weighted by Crippen LogP contribution is -2.34. The summed E-state index contributed by atoms with van der Waals surface area (Å²) in [5.74, 6) is -1.13. The summed E-state index contributed by atoms with van der Waals surface area (Å²) >= 11 is 0. The number of imide groups is 1. The second kappa shape index (κ2) is 11.8. The number of H-pyrrole nitrogens is 1. The second-order valence-electron chi connectivity index (χ2n) is 7.32. The van der Waals surface area contributed by atoms with Crippen LogP contribution < -0.4 is 15.4 Å². The zero-order valence-electron chi connectivity index (χ0n) is 19.3. The Morgan fingerprint density at radius 1 is 1.03 bits per heavy atom. The molecule has 0 radical (unpaired) electrons. The number of aromatic amines is 1. The lowest BCUT2D eigenvalue weighted by Gasteiger charge is -2.18. The first-order chi connectivity index (χ1) is 15.7. The minimum atomic E-state index is -0.613. The van der Waals surface area contributed by atoms with Gasteiger partial charge in [0.15, 0.2) is 11.5 Å². The molecule has 2 amide bonds. The minimum Gasteiger partial charge on any atom is -0.466 e. The number of carbonyl (C=O) groups excluding carboxylic acids is 4. The van der Waals surface area contributed by atoms with Crippen LogP contribution in [0.4, 0.5) is 5.69 Å². The summed E-state index contributed by atoms with van der Waals surface area (Å²) in [6.07, 6.45) is 1.47. The standard InChI is InChI=1S/C23H29N3O7/c1-5-20(29)25(16(4)27)17-11-13-18(14-12-17)33-26-22(15(3)24-23(26)31)19(28)9-7-8-10-21(30)32-6-2/h11-14H,5-10H2,1-4H3,(H,24,31). The van der Waals surface area contributed by atoms with E-state index in [1.54, 1.807) is 20.8 Å². The van der Waals surface area contributed by atoms with Gasteiger partial charge < -0.3 is 14.6 Å². The van der Waals surface area contributed by atoms with Crippen LogP contribution in [-0.2, 0) is 19.1 Å². The van der Waals surface area contributed by atoms with Gasteiger partial charge in [0.25, 0.3) is 0 Å². The number of ketones is 1. The minimum absolute atomic E-state index is 0.0896. The van der Waals surface area contributed by atoms with Crippen molar-refractivity contribution in [1.29, 1.82) is 0 Å². The summed E-state index contributed by atoms with van der Waals surface area (Å²) in [4.78, 5) is 69.6. The van der Waals surface area contributed by atoms with Gasteiger partial charge in [-0.2, -0.15) is 0 Å². The fraction of sp³-hybridized carbons (Fsp3) is 0.435. The van der Waals surface area contributed by atoms with Crippen molar-refractivity contribution in [2.45, 2.75) is 59.8 Å². The molecule has 1 heterocycles. The predicted octanol–water partition coefficient (Wildman–Crippen LogP) is 2.92. The molecular weight excluding hydrogens is 430 g/mol. The van der Waals surface area contributed by atoms with E-state index < -0.39 is 11.6 Å². The van der Waals surface area contributed by atoms with E-state index >= 15 is 0 Å². The van der Waals surface area contributed by atoms with Crippen molar-refractivity contribution in [2.24, 2.45) is 0 Å². The fourth-order valence-corrected chi connectivity index (χ4v) is 3.26. The highest BCUT2D eigenvalue weighted by molar-refractivity contribution is 6.13. The maximum Gasteiger partial charge on any atom is 0.359 e. The number of hydrogen-bond acceptors (Lipinski definition) is 7. The summed E-state index contributed by atoms with van der Waals surface area (Å²) in [7, 11) is 0. The van der Waals surface area contributed by atoms with Crippen LogP contribution in [0.3, 0.4) is 0 Å². The Morgan fingerprint density at radius 2 is 1.67 bits per heavy atom. The highest BCUT2D eigenvalue weighted by Crippen LogP contribution is 2.21. The number of hydrogen-bond donors (Lipinski definition) is 1. The van der Waals surface area contributed by atoms with Crippen LogP contribution in [0.1, 0.15) is 69.1 Å². The maximum atomic E-state index is 12.7. The van der Waals surface area contributed by atoms with Gasteiger partial charge in [-0.05, 0) is 51.0 Å². The van der Waals surface area contributed by atoms with Crippen molar-refractivity contribution in [2.75, 3.05) is 11.5 Å². The lowest BCUT2D eigenvalue weighted by molar-refractivity contribution is -0.143. The number of unbranched alkanes of at least 4 members (excludes halogenated alkanes) is 1. The van der Waals surface area contributed by atoms with Gasteiger partial charge in [0.05, 0.1) is 12.3 Å². The average molecular weight is 459 g/mol. The van der Waals surface area contributed by atoms with Gasteiger partial charge in [-0.1, -0.05) is 6.92 Å². The third-order valence-electron chi connectivity index (χ3n) is 4.80. The third kappa shape index (κ3) is 6.64. The molecule has 2 rings (SSSR count). The van der Waals surface area contributed by atoms with Crippen LogP contribution >= 0.6 is 0 Å². The van der Waals surface area contributed by atoms with Crippen LogP contribution in [0.5, 0.6) is 5.75 Å². The highest BCUT2D eigenvalue weighted by Gasteiger charge is 2.21. The Hall–Kier alpha value is -3.69. The molecule has 0 saturated heterocycles. The van der Waals surface area contributed by atoms with Crippen molar-refractivity contribution in [3.05, 3.63) is 46.1 Å². The number of esters is 1. The van der Waals surface area contributed by atoms with Crippen LogP contribution in [0.2, 0.25) is 0 Å². The normalized spacial score (nSPS) is 10.5. The van der Waals surface area contributed by atoms with Gasteiger partial charge in [-0.3, -0.25) is 24.1 Å². The highest BCUT2D eigenvalue weighted by atomic mass is 16.7. The molecule has 0 unspecified atom stereocenters. The molecule has 0 bridgehead atoms. The molecule has 1 N–H and O–H groups in total. The van der Waals surface area contributed by atoms with Gasteiger partial charge >= 0.3 is 11.7 Å². The molecule has 0 aliphatic heterocycles. The molecule has 0 atom stereocenters. The molecule has 10 heteroatoms. The topological polar surface area (TPSA) is 128 Å². The Morgan fingerprint density at radius 3 is 2.24 bits per heavy atom. The van der Waals surface area contributed by atoms with Crippen LogP contribution in [0.15, 0.2) is 29.1 Å². The zero-order valence-corrected chi connectivity index (χ0v) is 19.3. The first-order valence-electron chi connectivity index (χ1n) is 10.8. The Kier molecular flexibility index (Phi) is 9.14. The molecule has 0 saturated carbocycles. The van der Waals surface area contributed by atoms with Gasteiger partial charge in [-0.15, -0.1) is 4.73 Å². The van der Waals surface area contributed by atoms with Crippen LogP contribution in [-0.4, -0.2) is 39.9 Å². The Bertz CT molecular complexity index is 1070. The van der Waals surface area contributed by atoms with E-state index in [4.69, 9.17) is 9.57 Å². The van der Waals surface area contributed by atoms with Crippen molar-refractivity contribution < 1.29 is 28.8 Å². The number of rotatable bonds is 11. The predicted molar refractivity (Wildman–Crippen MR) is 120 cm³/mol. The second-order valence-corrected chi connectivity index (χ2v) is 7.32. The molecule has 2 aromatic rings. The van der Waals surface area contributed by atoms with Crippen molar-refractivity contribution >= 4 is 29.3 Å². The lowest BCUT2D eigenvalue weighted by atomic mass is 10.1. The van der Waals surface area contributed by atoms with Crippen LogP contribution in [0.25, 0.3) is 0 Å². The summed E-state index contributed by atoms with van der Waals surface area (Å²) < 4.78 is 5.75. The molecule has 0 fully saturated rings. The first kappa shape index (κ1) is 25.6. The van der Waals surface area contributed by atoms with Crippen LogP contribution in [0, 0.1) is 6.92 Å². The number of amides is 2. The van der Waals surface area contributed by atoms with E-state index in [9.17, 15) is 24.0 Å². The number of anilines is 1. The van der Waals surface area contributed by atoms with Gasteiger partial charge in [0, 0.05) is 31.9 Å². The fourth-order valence-electron chi connectivity index (χ4n) is 3.26. The molecule has 1 aromatic carbocycles. The molecule has 0 spiro atoms. The zero-order chi connectivity index (χ0) is 24.5. The number of aromatic nitrogens is 2. The largest absolute Gasteiger partial charge is 0.466 e. The number of ether oxygens (including phenoxy) is 1. The number of Topliss-reactive ketones (excluding diaryl/α,β-unsaturated/α-hetero) is 1. The maximum absolute atomic E-state index is 12.7. The average Bonchev–Trinajstić information content (AvgIpc) is 3.05. The summed E-state index contributed by atoms with van der Waals surface area (Å²) in [6, 6.07) is 6.03. The van der Waals surface area contributed by atoms with E-state index in [1.165, 1.54) is 31.2 Å². The van der Waals surface area contributed by atoms with E-state index in [0.717, 1.165) is 9.63 Å². The molecule has 178 valence electrons. The van der Waals surface area contributed by atoms with E-state index in [-0.39, 0.29) is 48.4 Å². The molecule has 33 heavy (non-hydrogen) atoms. The Labute approximate surface area is 191 Å². The van der Waals surface area contributed by atoms with E-state index in [0.29, 0.717) is 30.8 Å². The van der Waals surface area contributed by atoms with E-state index in [1.807, 2.05) is 0 Å². The number of imidazole rings is 1. The number of aryl methyl sites for hydroxylation is 1. The van der Waals surface area contributed by atoms with Gasteiger partial charge in [-0.25, -0.2) is 4.79 Å². The van der Waals surface area contributed by atoms with E-state index in [2.05, 4.69) is 4.98 Å². The Balaban J connectivity index is 2.13. The molecule has 1 aromatic heterocycles. The number of benzene rings is 1. The SMILES string of the molecule is CCOC(=O)CCCCC(=O)c1c(C)[nH]c(=O)n1Oc1ccc(N(C(C)=O)C(=O)CC)cc1. The first-order valence-corrected chi connectivity index (χ1v) is 10.8. The van der Waals surface area contributed by atoms with Gasteiger partial charge in [0.2, 0.25) is 11.8 Å². The quantitative estimate of drug-likeness (QED) is 0.311. The third-order valence-corrected chi connectivity index (χ3v) is 4.80. The molecule has 0 aliphatic rings. The van der Waals surface area contributed by atoms with Gasteiger partial charge in [0.1, 0.15) is 5.69 Å². The summed E-state index contributed by atoms with van der Waals surface area (Å²) in [5.41, 5.74) is 0.213. The number of nitrogens with zero attached hydrogens (tertiary/aromatic N) is 2. The number of nitrogens with one attached hydrogen (secondary N) is 1. The summed E-state index contributed by atoms with van der Waals surface area (Å²) in [5, 5.41) is 0. The molecule has 0 aliphatic carbocycles.